The first kappa shape index (κ1) is 32.7. The Morgan fingerprint density at radius 2 is 1.84 bits per heavy atom. The molecular weight excluding hydrogens is 493 g/mol. The van der Waals surface area contributed by atoms with E-state index in [0.29, 0.717) is 41.5 Å². The molecule has 1 unspecified atom stereocenters. The average Bonchev–Trinajstić information content (AvgIpc) is 2.94. The van der Waals surface area contributed by atoms with Crippen LogP contribution < -0.4 is 5.32 Å². The van der Waals surface area contributed by atoms with E-state index in [4.69, 9.17) is 5.11 Å². The van der Waals surface area contributed by atoms with E-state index in [1.807, 2.05) is 6.07 Å². The van der Waals surface area contributed by atoms with Gasteiger partial charge in [-0.2, -0.15) is 13.2 Å². The van der Waals surface area contributed by atoms with E-state index in [1.54, 1.807) is 25.5 Å². The fraction of sp³-hybridized carbons (Fsp3) is 0.448. The predicted molar refractivity (Wildman–Crippen MR) is 148 cm³/mol. The highest BCUT2D eigenvalue weighted by atomic mass is 19.4. The summed E-state index contributed by atoms with van der Waals surface area (Å²) < 4.78 is 37.8. The lowest BCUT2D eigenvalue weighted by atomic mass is 10.0. The van der Waals surface area contributed by atoms with Crippen molar-refractivity contribution in [2.45, 2.75) is 65.5 Å². The third-order valence-electron chi connectivity index (χ3n) is 5.78. The van der Waals surface area contributed by atoms with Crippen LogP contribution in [-0.2, 0) is 11.0 Å². The van der Waals surface area contributed by atoms with Gasteiger partial charge in [-0.3, -0.25) is 14.8 Å². The highest BCUT2D eigenvalue weighted by Crippen LogP contribution is 2.32. The number of carbonyl (C=O) groups is 1. The van der Waals surface area contributed by atoms with Crippen molar-refractivity contribution in [3.63, 3.8) is 0 Å². The molecule has 0 aromatic carbocycles. The van der Waals surface area contributed by atoms with E-state index in [0.717, 1.165) is 36.9 Å². The molecule has 0 amide bonds. The summed E-state index contributed by atoms with van der Waals surface area (Å²) in [5, 5.41) is 12.4. The Morgan fingerprint density at radius 1 is 1.11 bits per heavy atom. The van der Waals surface area contributed by atoms with Gasteiger partial charge >= 0.3 is 6.18 Å². The highest BCUT2D eigenvalue weighted by Gasteiger charge is 2.30. The number of ketones is 1. The molecule has 6 nitrogen and oxygen atoms in total. The van der Waals surface area contributed by atoms with Crippen LogP contribution in [0.5, 0.6) is 0 Å². The molecule has 1 atom stereocenters. The molecular formula is C29H39F3N4O2. The quantitative estimate of drug-likeness (QED) is 0.263. The summed E-state index contributed by atoms with van der Waals surface area (Å²) in [7, 11) is 1.74. The van der Waals surface area contributed by atoms with Crippen LogP contribution in [0, 0.1) is 5.92 Å². The number of alkyl halides is 3. The number of hydrogen-bond donors (Lipinski definition) is 2. The first-order valence-electron chi connectivity index (χ1n) is 12.9. The zero-order valence-corrected chi connectivity index (χ0v) is 22.7. The van der Waals surface area contributed by atoms with Gasteiger partial charge in [-0.15, -0.1) is 0 Å². The third-order valence-corrected chi connectivity index (χ3v) is 5.78. The second-order valence-electron chi connectivity index (χ2n) is 8.62. The zero-order valence-electron chi connectivity index (χ0n) is 22.7. The number of aliphatic hydroxyl groups is 1. The van der Waals surface area contributed by atoms with Gasteiger partial charge in [0.2, 0.25) is 0 Å². The van der Waals surface area contributed by atoms with Crippen LogP contribution in [0.4, 0.5) is 19.0 Å². The number of carbonyl (C=O) groups excluding carboxylic acids is 1. The van der Waals surface area contributed by atoms with Crippen LogP contribution in [0.15, 0.2) is 55.5 Å². The Balaban J connectivity index is 0.000000374. The maximum Gasteiger partial charge on any atom is 0.417 e. The molecule has 0 bridgehead atoms. The van der Waals surface area contributed by atoms with E-state index in [9.17, 15) is 18.0 Å². The number of aliphatic hydroxyl groups excluding tert-OH is 1. The lowest BCUT2D eigenvalue weighted by Crippen LogP contribution is -2.05. The van der Waals surface area contributed by atoms with E-state index in [-0.39, 0.29) is 5.78 Å². The van der Waals surface area contributed by atoms with Gasteiger partial charge in [-0.05, 0) is 49.1 Å². The van der Waals surface area contributed by atoms with Crippen molar-refractivity contribution in [2.24, 2.45) is 5.92 Å². The topological polar surface area (TPSA) is 88.0 Å². The Kier molecular flexibility index (Phi) is 14.8. The number of anilines is 1. The molecule has 0 aliphatic heterocycles. The second-order valence-corrected chi connectivity index (χ2v) is 8.62. The minimum Gasteiger partial charge on any atom is -0.396 e. The zero-order chi connectivity index (χ0) is 28.6. The first-order chi connectivity index (χ1) is 18.2. The number of allylic oxidation sites excluding steroid dienone is 1. The van der Waals surface area contributed by atoms with Crippen molar-refractivity contribution in [1.82, 2.24) is 15.0 Å². The number of hydrogen-bond acceptors (Lipinski definition) is 6. The van der Waals surface area contributed by atoms with Gasteiger partial charge in [0.05, 0.1) is 16.8 Å². The number of fused-ring (bicyclic) bond motifs is 1. The number of unbranched alkanes of at least 4 members (excludes halogenated alkanes) is 1. The number of nitrogens with one attached hydrogen (secondary N) is 1. The van der Waals surface area contributed by atoms with Crippen molar-refractivity contribution in [2.75, 3.05) is 19.0 Å². The van der Waals surface area contributed by atoms with Crippen molar-refractivity contribution in [3.05, 3.63) is 61.1 Å². The molecule has 3 heterocycles. The number of halogens is 3. The van der Waals surface area contributed by atoms with E-state index < -0.39 is 11.7 Å². The first-order valence-corrected chi connectivity index (χ1v) is 12.9. The molecule has 3 aromatic rings. The Labute approximate surface area is 223 Å². The number of pyridine rings is 3. The van der Waals surface area contributed by atoms with Crippen molar-refractivity contribution in [3.8, 4) is 11.3 Å². The van der Waals surface area contributed by atoms with Gasteiger partial charge in [0.1, 0.15) is 5.82 Å². The smallest absolute Gasteiger partial charge is 0.396 e. The normalized spacial score (nSPS) is 11.5. The molecule has 0 fully saturated rings. The van der Waals surface area contributed by atoms with Crippen molar-refractivity contribution >= 4 is 22.5 Å². The van der Waals surface area contributed by atoms with Gasteiger partial charge in [-0.1, -0.05) is 46.6 Å². The molecule has 9 heteroatoms. The largest absolute Gasteiger partial charge is 0.417 e. The van der Waals surface area contributed by atoms with Gasteiger partial charge in [0.15, 0.2) is 5.78 Å². The van der Waals surface area contributed by atoms with Crippen LogP contribution in [0.2, 0.25) is 0 Å². The van der Waals surface area contributed by atoms with E-state index in [1.165, 1.54) is 25.0 Å². The fourth-order valence-electron chi connectivity index (χ4n) is 3.46. The van der Waals surface area contributed by atoms with Crippen LogP contribution in [0.25, 0.3) is 22.2 Å². The van der Waals surface area contributed by atoms with Gasteiger partial charge in [0, 0.05) is 49.6 Å². The number of nitrogens with zero attached hydrogens (tertiary/aromatic N) is 3. The van der Waals surface area contributed by atoms with Crippen molar-refractivity contribution in [1.29, 1.82) is 0 Å². The molecule has 38 heavy (non-hydrogen) atoms. The summed E-state index contributed by atoms with van der Waals surface area (Å²) in [6.07, 6.45) is 7.19. The van der Waals surface area contributed by atoms with Crippen LogP contribution >= 0.6 is 0 Å². The molecule has 208 valence electrons. The minimum absolute atomic E-state index is 0.159. The number of aromatic nitrogens is 3. The standard InChI is InChI=1S/C15H11F3N4.C7H16O.C7H12O/c1-19-14-10-3-2-6-20-13(10)11(8-22-14)12-5-4-9(7-21-12)15(16,17)18;1-3-5-7(4-2)6-8;1-3-5-6-7(8)4-2/h2-8H,1H3,(H,19,22);7-8H,3-6H2,1-2H3;4H,2-3,5-6H2,1H3. The number of rotatable bonds is 10. The molecule has 3 aromatic heterocycles. The molecule has 0 aliphatic carbocycles. The van der Waals surface area contributed by atoms with Crippen LogP contribution in [-0.4, -0.2) is 39.5 Å². The summed E-state index contributed by atoms with van der Waals surface area (Å²) >= 11 is 0. The molecule has 2 N–H and O–H groups in total. The molecule has 0 radical (unpaired) electrons. The van der Waals surface area contributed by atoms with Gasteiger partial charge < -0.3 is 10.4 Å². The summed E-state index contributed by atoms with van der Waals surface area (Å²) in [6, 6.07) is 5.94. The molecule has 0 saturated heterocycles. The Morgan fingerprint density at radius 3 is 2.32 bits per heavy atom. The third kappa shape index (κ3) is 10.6. The predicted octanol–water partition coefficient (Wildman–Crippen LogP) is 7.49. The second kappa shape index (κ2) is 17.2. The Bertz CT molecular complexity index is 1120. The van der Waals surface area contributed by atoms with Crippen LogP contribution in [0.1, 0.15) is 64.9 Å². The lowest BCUT2D eigenvalue weighted by molar-refractivity contribution is -0.137. The molecule has 3 rings (SSSR count). The lowest BCUT2D eigenvalue weighted by Gasteiger charge is -2.10. The maximum atomic E-state index is 12.6. The van der Waals surface area contributed by atoms with E-state index in [2.05, 4.69) is 47.6 Å². The Hall–Kier alpha value is -3.33. The maximum absolute atomic E-state index is 12.6. The summed E-state index contributed by atoms with van der Waals surface area (Å²) in [6.45, 7) is 10.1. The molecule has 0 spiro atoms. The average molecular weight is 533 g/mol. The molecule has 0 aliphatic rings. The SMILES string of the molecule is C=CC(=O)CCCC.CCCC(CC)CO.CNc1ncc(-c2ccc(C(F)(F)F)cn2)c2ncccc12. The van der Waals surface area contributed by atoms with Crippen LogP contribution in [0.3, 0.4) is 0 Å². The van der Waals surface area contributed by atoms with Gasteiger partial charge in [-0.25, -0.2) is 4.98 Å². The summed E-state index contributed by atoms with van der Waals surface area (Å²) in [5.41, 5.74) is 0.831. The van der Waals surface area contributed by atoms with Crippen molar-refractivity contribution < 1.29 is 23.1 Å². The minimum atomic E-state index is -4.40. The highest BCUT2D eigenvalue weighted by molar-refractivity contribution is 5.98. The van der Waals surface area contributed by atoms with E-state index >= 15 is 0 Å². The monoisotopic (exact) mass is 532 g/mol. The molecule has 0 saturated carbocycles. The summed E-state index contributed by atoms with van der Waals surface area (Å²) in [4.78, 5) is 22.9. The fourth-order valence-corrected chi connectivity index (χ4v) is 3.46. The summed E-state index contributed by atoms with van der Waals surface area (Å²) in [5.74, 6) is 1.37. The van der Waals surface area contributed by atoms with Gasteiger partial charge in [0.25, 0.3) is 0 Å².